The van der Waals surface area contributed by atoms with Crippen molar-refractivity contribution in [1.29, 1.82) is 0 Å². The van der Waals surface area contributed by atoms with E-state index in [-0.39, 0.29) is 13.1 Å². The molecular formula is C18H19ClN2O3. The molecule has 1 aromatic carbocycles. The average Bonchev–Trinajstić information content (AvgIpc) is 2.78. The zero-order valence-electron chi connectivity index (χ0n) is 13.3. The first-order chi connectivity index (χ1) is 11.6. The lowest BCUT2D eigenvalue weighted by atomic mass is 9.97. The maximum absolute atomic E-state index is 12.4. The van der Waals surface area contributed by atoms with Crippen LogP contribution in [-0.4, -0.2) is 34.2 Å². The van der Waals surface area contributed by atoms with E-state index >= 15 is 0 Å². The van der Waals surface area contributed by atoms with Gasteiger partial charge in [-0.15, -0.1) is 0 Å². The van der Waals surface area contributed by atoms with Crippen LogP contribution in [0.25, 0.3) is 0 Å². The largest absolute Gasteiger partial charge is 0.334 e. The predicted molar refractivity (Wildman–Crippen MR) is 90.3 cm³/mol. The monoisotopic (exact) mass is 346 g/mol. The molecule has 6 heteroatoms. The summed E-state index contributed by atoms with van der Waals surface area (Å²) in [6.07, 6.45) is 7.23. The Balaban J connectivity index is 1.67. The molecule has 3 rings (SSSR count). The molecule has 1 saturated heterocycles. The Morgan fingerprint density at radius 3 is 2.54 bits per heavy atom. The van der Waals surface area contributed by atoms with Crippen LogP contribution in [0.4, 0.5) is 4.79 Å². The van der Waals surface area contributed by atoms with Gasteiger partial charge in [0.15, 0.2) is 0 Å². The zero-order chi connectivity index (χ0) is 17.1. The number of imide groups is 2. The fourth-order valence-electron chi connectivity index (χ4n) is 3.09. The molecule has 4 amide bonds. The van der Waals surface area contributed by atoms with Crippen molar-refractivity contribution in [2.24, 2.45) is 0 Å². The van der Waals surface area contributed by atoms with E-state index in [1.807, 2.05) is 0 Å². The molecule has 0 saturated carbocycles. The minimum absolute atomic E-state index is 0.0587. The molecule has 0 atom stereocenters. The molecule has 126 valence electrons. The van der Waals surface area contributed by atoms with Gasteiger partial charge in [0.05, 0.1) is 6.54 Å². The van der Waals surface area contributed by atoms with E-state index < -0.39 is 17.8 Å². The number of carbonyl (C=O) groups excluding carboxylic acids is 3. The Labute approximate surface area is 145 Å². The molecule has 1 fully saturated rings. The van der Waals surface area contributed by atoms with Crippen molar-refractivity contribution in [2.75, 3.05) is 6.54 Å². The van der Waals surface area contributed by atoms with Gasteiger partial charge in [-0.1, -0.05) is 35.4 Å². The number of rotatable bonds is 5. The summed E-state index contributed by atoms with van der Waals surface area (Å²) in [5.74, 6) is -1.50. The fourth-order valence-corrected chi connectivity index (χ4v) is 3.30. The Bertz CT molecular complexity index is 714. The van der Waals surface area contributed by atoms with Crippen LogP contribution in [0.5, 0.6) is 0 Å². The van der Waals surface area contributed by atoms with Gasteiger partial charge in [-0.2, -0.15) is 0 Å². The Kier molecular flexibility index (Phi) is 5.00. The predicted octanol–water partition coefficient (Wildman–Crippen LogP) is 3.52. The lowest BCUT2D eigenvalue weighted by Gasteiger charge is -2.18. The van der Waals surface area contributed by atoms with Gasteiger partial charge in [-0.05, 0) is 49.8 Å². The third-order valence-electron chi connectivity index (χ3n) is 4.41. The summed E-state index contributed by atoms with van der Waals surface area (Å²) in [5.41, 5.74) is 1.98. The van der Waals surface area contributed by atoms with E-state index in [2.05, 4.69) is 6.08 Å². The molecule has 5 nitrogen and oxygen atoms in total. The summed E-state index contributed by atoms with van der Waals surface area (Å²) in [6, 6.07) is 6.38. The number of urea groups is 1. The summed E-state index contributed by atoms with van der Waals surface area (Å²) in [4.78, 5) is 38.8. The number of nitrogens with zero attached hydrogens (tertiary/aromatic N) is 2. The number of hydrogen-bond acceptors (Lipinski definition) is 3. The fraction of sp³-hybridized carbons (Fsp3) is 0.389. The van der Waals surface area contributed by atoms with Crippen molar-refractivity contribution < 1.29 is 14.4 Å². The molecule has 0 N–H and O–H groups in total. The maximum Gasteiger partial charge on any atom is 0.334 e. The van der Waals surface area contributed by atoms with Crippen LogP contribution in [0.2, 0.25) is 5.02 Å². The van der Waals surface area contributed by atoms with Gasteiger partial charge in [-0.25, -0.2) is 4.79 Å². The van der Waals surface area contributed by atoms with Gasteiger partial charge in [0.25, 0.3) is 0 Å². The lowest BCUT2D eigenvalue weighted by Crippen LogP contribution is -2.34. The number of allylic oxidation sites excluding steroid dienone is 1. The van der Waals surface area contributed by atoms with Crippen molar-refractivity contribution in [1.82, 2.24) is 9.80 Å². The minimum atomic E-state index is -0.766. The molecule has 0 bridgehead atoms. The Morgan fingerprint density at radius 1 is 1.04 bits per heavy atom. The number of halogens is 1. The molecule has 1 heterocycles. The number of carbonyl (C=O) groups is 3. The van der Waals surface area contributed by atoms with Crippen LogP contribution < -0.4 is 0 Å². The molecule has 0 radical (unpaired) electrons. The van der Waals surface area contributed by atoms with Crippen LogP contribution in [0, 0.1) is 0 Å². The summed E-state index contributed by atoms with van der Waals surface area (Å²) in [7, 11) is 0. The highest BCUT2D eigenvalue weighted by Gasteiger charge is 2.44. The third-order valence-corrected chi connectivity index (χ3v) is 4.64. The zero-order valence-corrected chi connectivity index (χ0v) is 14.1. The summed E-state index contributed by atoms with van der Waals surface area (Å²) >= 11 is 5.92. The van der Waals surface area contributed by atoms with Crippen molar-refractivity contribution in [3.05, 3.63) is 46.5 Å². The van der Waals surface area contributed by atoms with E-state index in [1.54, 1.807) is 24.3 Å². The maximum atomic E-state index is 12.4. The highest BCUT2D eigenvalue weighted by atomic mass is 35.5. The van der Waals surface area contributed by atoms with Crippen LogP contribution >= 0.6 is 11.6 Å². The highest BCUT2D eigenvalue weighted by Crippen LogP contribution is 2.23. The normalized spacial score (nSPS) is 18.4. The molecule has 1 aromatic rings. The van der Waals surface area contributed by atoms with Crippen molar-refractivity contribution in [2.45, 2.75) is 38.6 Å². The summed E-state index contributed by atoms with van der Waals surface area (Å²) in [6.45, 7) is 0.324. The second kappa shape index (κ2) is 7.18. The van der Waals surface area contributed by atoms with Gasteiger partial charge in [0.2, 0.25) is 0 Å². The second-order valence-corrected chi connectivity index (χ2v) is 6.56. The topological polar surface area (TPSA) is 57.7 Å². The quantitative estimate of drug-likeness (QED) is 0.465. The van der Waals surface area contributed by atoms with Gasteiger partial charge in [0.1, 0.15) is 0 Å². The SMILES string of the molecule is O=C1C(=O)N(Cc2cccc(Cl)c2)C(=O)N1CCC1=CCCCC1. The standard InChI is InChI=1S/C18H19ClN2O3/c19-15-8-4-7-14(11-15)12-21-17(23)16(22)20(18(21)24)10-9-13-5-2-1-3-6-13/h4-5,7-8,11H,1-3,6,9-10,12H2. The minimum Gasteiger partial charge on any atom is -0.263 e. The van der Waals surface area contributed by atoms with Gasteiger partial charge in [0, 0.05) is 11.6 Å². The van der Waals surface area contributed by atoms with Crippen molar-refractivity contribution in [3.63, 3.8) is 0 Å². The van der Waals surface area contributed by atoms with Crippen LogP contribution in [-0.2, 0) is 16.1 Å². The Morgan fingerprint density at radius 2 is 1.83 bits per heavy atom. The van der Waals surface area contributed by atoms with Crippen LogP contribution in [0.1, 0.15) is 37.7 Å². The van der Waals surface area contributed by atoms with Crippen LogP contribution in [0.15, 0.2) is 35.9 Å². The van der Waals surface area contributed by atoms with Crippen LogP contribution in [0.3, 0.4) is 0 Å². The van der Waals surface area contributed by atoms with Crippen molar-refractivity contribution in [3.8, 4) is 0 Å². The van der Waals surface area contributed by atoms with E-state index in [0.717, 1.165) is 29.1 Å². The lowest BCUT2D eigenvalue weighted by molar-refractivity contribution is -0.143. The first kappa shape index (κ1) is 16.7. The molecule has 0 aromatic heterocycles. The average molecular weight is 347 g/mol. The molecule has 1 aliphatic carbocycles. The summed E-state index contributed by atoms with van der Waals surface area (Å²) in [5, 5.41) is 0.527. The van der Waals surface area contributed by atoms with Crippen molar-refractivity contribution >= 4 is 29.4 Å². The second-order valence-electron chi connectivity index (χ2n) is 6.12. The van der Waals surface area contributed by atoms with Gasteiger partial charge >= 0.3 is 17.8 Å². The van der Waals surface area contributed by atoms with E-state index in [0.29, 0.717) is 17.0 Å². The summed E-state index contributed by atoms with van der Waals surface area (Å²) < 4.78 is 0. The Hall–Kier alpha value is -2.14. The van der Waals surface area contributed by atoms with E-state index in [9.17, 15) is 14.4 Å². The first-order valence-electron chi connectivity index (χ1n) is 8.16. The third kappa shape index (κ3) is 3.51. The van der Waals surface area contributed by atoms with E-state index in [4.69, 9.17) is 11.6 Å². The molecule has 1 aliphatic heterocycles. The number of benzene rings is 1. The molecule has 24 heavy (non-hydrogen) atoms. The number of hydrogen-bond donors (Lipinski definition) is 0. The molecule has 0 spiro atoms. The molecule has 2 aliphatic rings. The first-order valence-corrected chi connectivity index (χ1v) is 8.54. The van der Waals surface area contributed by atoms with E-state index in [1.165, 1.54) is 12.0 Å². The smallest absolute Gasteiger partial charge is 0.263 e. The van der Waals surface area contributed by atoms with Gasteiger partial charge < -0.3 is 0 Å². The van der Waals surface area contributed by atoms with Gasteiger partial charge in [-0.3, -0.25) is 19.4 Å². The molecular weight excluding hydrogens is 328 g/mol. The number of amides is 4. The molecule has 0 unspecified atom stereocenters. The highest BCUT2D eigenvalue weighted by molar-refractivity contribution is 6.44.